The largest absolute Gasteiger partial charge is 0.399 e. The molecule has 2 aliphatic rings. The standard InChI is InChI=1S/C16H18N2O2/c1-10(19)18(14-6-4-13(17)5-7-14)16(20)15-9-11-2-3-12(15)8-11/h2-7,11-12,15H,8-9,17H2,1H3. The molecule has 104 valence electrons. The highest BCUT2D eigenvalue weighted by Gasteiger charge is 2.42. The van der Waals surface area contributed by atoms with E-state index in [1.807, 2.05) is 0 Å². The summed E-state index contributed by atoms with van der Waals surface area (Å²) in [7, 11) is 0. The number of imide groups is 1. The summed E-state index contributed by atoms with van der Waals surface area (Å²) in [6, 6.07) is 6.86. The molecule has 1 saturated carbocycles. The van der Waals surface area contributed by atoms with Crippen molar-refractivity contribution in [1.82, 2.24) is 0 Å². The van der Waals surface area contributed by atoms with Crippen LogP contribution in [0.4, 0.5) is 11.4 Å². The third kappa shape index (κ3) is 2.11. The maximum absolute atomic E-state index is 12.7. The second-order valence-electron chi connectivity index (χ2n) is 5.67. The number of carbonyl (C=O) groups excluding carboxylic acids is 2. The Kier molecular flexibility index (Phi) is 3.08. The van der Waals surface area contributed by atoms with Gasteiger partial charge in [-0.25, -0.2) is 0 Å². The fourth-order valence-corrected chi connectivity index (χ4v) is 3.32. The van der Waals surface area contributed by atoms with Crippen molar-refractivity contribution >= 4 is 23.2 Å². The Morgan fingerprint density at radius 2 is 1.85 bits per heavy atom. The molecule has 3 unspecified atom stereocenters. The van der Waals surface area contributed by atoms with Gasteiger partial charge in [-0.2, -0.15) is 0 Å². The summed E-state index contributed by atoms with van der Waals surface area (Å²) in [5.74, 6) is 0.411. The average Bonchev–Trinajstić information content (AvgIpc) is 3.03. The van der Waals surface area contributed by atoms with Gasteiger partial charge in [-0.15, -0.1) is 0 Å². The van der Waals surface area contributed by atoms with E-state index in [9.17, 15) is 9.59 Å². The molecule has 4 nitrogen and oxygen atoms in total. The van der Waals surface area contributed by atoms with E-state index in [1.54, 1.807) is 24.3 Å². The summed E-state index contributed by atoms with van der Waals surface area (Å²) in [6.45, 7) is 1.43. The fraction of sp³-hybridized carbons (Fsp3) is 0.375. The number of benzene rings is 1. The van der Waals surface area contributed by atoms with Crippen molar-refractivity contribution in [2.75, 3.05) is 10.6 Å². The van der Waals surface area contributed by atoms with Gasteiger partial charge < -0.3 is 5.73 Å². The first-order chi connectivity index (χ1) is 9.56. The van der Waals surface area contributed by atoms with E-state index in [0.717, 1.165) is 12.8 Å². The van der Waals surface area contributed by atoms with Crippen molar-refractivity contribution in [1.29, 1.82) is 0 Å². The molecule has 4 heteroatoms. The Labute approximate surface area is 118 Å². The van der Waals surface area contributed by atoms with Gasteiger partial charge in [0.25, 0.3) is 0 Å². The molecule has 1 aromatic rings. The highest BCUT2D eigenvalue weighted by atomic mass is 16.2. The second-order valence-corrected chi connectivity index (χ2v) is 5.67. The van der Waals surface area contributed by atoms with Crippen LogP contribution in [-0.2, 0) is 9.59 Å². The van der Waals surface area contributed by atoms with Gasteiger partial charge >= 0.3 is 0 Å². The molecular formula is C16H18N2O2. The molecule has 3 atom stereocenters. The third-order valence-corrected chi connectivity index (χ3v) is 4.28. The highest BCUT2D eigenvalue weighted by Crippen LogP contribution is 2.44. The van der Waals surface area contributed by atoms with Gasteiger partial charge in [0.05, 0.1) is 5.69 Å². The number of nitrogen functional groups attached to an aromatic ring is 1. The minimum Gasteiger partial charge on any atom is -0.399 e. The third-order valence-electron chi connectivity index (χ3n) is 4.28. The summed E-state index contributed by atoms with van der Waals surface area (Å²) >= 11 is 0. The van der Waals surface area contributed by atoms with Crippen LogP contribution in [0.2, 0.25) is 0 Å². The van der Waals surface area contributed by atoms with E-state index >= 15 is 0 Å². The van der Waals surface area contributed by atoms with Crippen molar-refractivity contribution in [3.05, 3.63) is 36.4 Å². The summed E-state index contributed by atoms with van der Waals surface area (Å²) in [6.07, 6.45) is 6.22. The lowest BCUT2D eigenvalue weighted by Gasteiger charge is -2.26. The number of hydrogen-bond acceptors (Lipinski definition) is 3. The highest BCUT2D eigenvalue weighted by molar-refractivity contribution is 6.15. The molecule has 1 fully saturated rings. The molecule has 0 aromatic heterocycles. The first-order valence-corrected chi connectivity index (χ1v) is 6.94. The lowest BCUT2D eigenvalue weighted by atomic mass is 9.92. The molecule has 0 aliphatic heterocycles. The van der Waals surface area contributed by atoms with Crippen LogP contribution in [0.5, 0.6) is 0 Å². The van der Waals surface area contributed by atoms with Crippen LogP contribution in [-0.4, -0.2) is 11.8 Å². The molecule has 2 aliphatic carbocycles. The maximum atomic E-state index is 12.7. The minimum atomic E-state index is -0.244. The Morgan fingerprint density at radius 1 is 1.15 bits per heavy atom. The lowest BCUT2D eigenvalue weighted by molar-refractivity contribution is -0.128. The van der Waals surface area contributed by atoms with Crippen molar-refractivity contribution < 1.29 is 9.59 Å². The fourth-order valence-electron chi connectivity index (χ4n) is 3.32. The SMILES string of the molecule is CC(=O)N(C(=O)C1CC2C=CC1C2)c1ccc(N)cc1. The molecule has 0 spiro atoms. The van der Waals surface area contributed by atoms with E-state index in [4.69, 9.17) is 5.73 Å². The number of carbonyl (C=O) groups is 2. The Morgan fingerprint density at radius 3 is 2.35 bits per heavy atom. The molecule has 2 amide bonds. The van der Waals surface area contributed by atoms with Crippen LogP contribution in [0, 0.1) is 17.8 Å². The molecule has 3 rings (SSSR count). The summed E-state index contributed by atoms with van der Waals surface area (Å²) < 4.78 is 0. The average molecular weight is 270 g/mol. The second kappa shape index (κ2) is 4.78. The molecular weight excluding hydrogens is 252 g/mol. The zero-order chi connectivity index (χ0) is 14.3. The molecule has 1 aromatic carbocycles. The Balaban J connectivity index is 1.87. The zero-order valence-electron chi connectivity index (χ0n) is 11.5. The van der Waals surface area contributed by atoms with Crippen LogP contribution in [0.15, 0.2) is 36.4 Å². The quantitative estimate of drug-likeness (QED) is 0.663. The first kappa shape index (κ1) is 12.9. The van der Waals surface area contributed by atoms with Crippen molar-refractivity contribution in [3.8, 4) is 0 Å². The molecule has 0 radical (unpaired) electrons. The number of nitrogens with zero attached hydrogens (tertiary/aromatic N) is 1. The predicted molar refractivity (Wildman–Crippen MR) is 77.9 cm³/mol. The van der Waals surface area contributed by atoms with Gasteiger partial charge in [0.1, 0.15) is 0 Å². The Bertz CT molecular complexity index is 577. The number of rotatable bonds is 2. The number of fused-ring (bicyclic) bond motifs is 2. The number of nitrogens with two attached hydrogens (primary N) is 1. The molecule has 0 heterocycles. The summed E-state index contributed by atoms with van der Waals surface area (Å²) in [5, 5.41) is 0. The monoisotopic (exact) mass is 270 g/mol. The molecule has 20 heavy (non-hydrogen) atoms. The van der Waals surface area contributed by atoms with Crippen LogP contribution < -0.4 is 10.6 Å². The maximum Gasteiger partial charge on any atom is 0.237 e. The normalized spacial score (nSPS) is 26.8. The summed E-state index contributed by atoms with van der Waals surface area (Å²) in [4.78, 5) is 25.9. The molecule has 2 bridgehead atoms. The van der Waals surface area contributed by atoms with Crippen LogP contribution >= 0.6 is 0 Å². The first-order valence-electron chi connectivity index (χ1n) is 6.94. The smallest absolute Gasteiger partial charge is 0.237 e. The van der Waals surface area contributed by atoms with Gasteiger partial charge in [0.15, 0.2) is 0 Å². The van der Waals surface area contributed by atoms with Gasteiger partial charge in [0, 0.05) is 18.5 Å². The van der Waals surface area contributed by atoms with Gasteiger partial charge in [-0.05, 0) is 48.9 Å². The van der Waals surface area contributed by atoms with Gasteiger partial charge in [-0.1, -0.05) is 12.2 Å². The van der Waals surface area contributed by atoms with E-state index in [1.165, 1.54) is 11.8 Å². The minimum absolute atomic E-state index is 0.0635. The van der Waals surface area contributed by atoms with Crippen molar-refractivity contribution in [2.24, 2.45) is 17.8 Å². The number of allylic oxidation sites excluding steroid dienone is 2. The van der Waals surface area contributed by atoms with E-state index in [-0.39, 0.29) is 17.7 Å². The van der Waals surface area contributed by atoms with Crippen LogP contribution in [0.25, 0.3) is 0 Å². The van der Waals surface area contributed by atoms with E-state index in [0.29, 0.717) is 23.2 Å². The number of amides is 2. The topological polar surface area (TPSA) is 63.4 Å². The van der Waals surface area contributed by atoms with Gasteiger partial charge in [-0.3, -0.25) is 14.5 Å². The van der Waals surface area contributed by atoms with Crippen LogP contribution in [0.1, 0.15) is 19.8 Å². The van der Waals surface area contributed by atoms with E-state index < -0.39 is 0 Å². The number of anilines is 2. The lowest BCUT2D eigenvalue weighted by Crippen LogP contribution is -2.41. The molecule has 2 N–H and O–H groups in total. The van der Waals surface area contributed by atoms with Crippen molar-refractivity contribution in [3.63, 3.8) is 0 Å². The van der Waals surface area contributed by atoms with E-state index in [2.05, 4.69) is 12.2 Å². The van der Waals surface area contributed by atoms with Crippen molar-refractivity contribution in [2.45, 2.75) is 19.8 Å². The summed E-state index contributed by atoms with van der Waals surface area (Å²) in [5.41, 5.74) is 6.87. The van der Waals surface area contributed by atoms with Crippen LogP contribution in [0.3, 0.4) is 0 Å². The number of hydrogen-bond donors (Lipinski definition) is 1. The zero-order valence-corrected chi connectivity index (χ0v) is 11.5. The molecule has 0 saturated heterocycles. The Hall–Kier alpha value is -2.10. The van der Waals surface area contributed by atoms with Gasteiger partial charge in [0.2, 0.25) is 11.8 Å². The predicted octanol–water partition coefficient (Wildman–Crippen LogP) is 2.36.